The third-order valence-corrected chi connectivity index (χ3v) is 2.92. The van der Waals surface area contributed by atoms with Gasteiger partial charge >= 0.3 is 0 Å². The van der Waals surface area contributed by atoms with E-state index in [1.807, 2.05) is 32.0 Å². The molecule has 102 valence electrons. The Morgan fingerprint density at radius 1 is 1.47 bits per heavy atom. The summed E-state index contributed by atoms with van der Waals surface area (Å²) in [6.45, 7) is 4.35. The Labute approximate surface area is 112 Å². The van der Waals surface area contributed by atoms with Crippen LogP contribution in [0.1, 0.15) is 19.7 Å². The third-order valence-electron chi connectivity index (χ3n) is 2.92. The summed E-state index contributed by atoms with van der Waals surface area (Å²) in [6, 6.07) is 5.72. The number of amides is 1. The van der Waals surface area contributed by atoms with E-state index in [4.69, 9.17) is 4.74 Å². The average molecular weight is 261 g/mol. The lowest BCUT2D eigenvalue weighted by Crippen LogP contribution is -2.29. The molecule has 5 heteroatoms. The van der Waals surface area contributed by atoms with Gasteiger partial charge in [-0.2, -0.15) is 0 Å². The number of aromatic nitrogens is 2. The molecular weight excluding hydrogens is 242 g/mol. The van der Waals surface area contributed by atoms with Crippen LogP contribution in [0.4, 0.5) is 0 Å². The molecule has 0 unspecified atom stereocenters. The van der Waals surface area contributed by atoms with Gasteiger partial charge in [0.25, 0.3) is 0 Å². The number of fused-ring (bicyclic) bond motifs is 1. The van der Waals surface area contributed by atoms with Gasteiger partial charge in [0.15, 0.2) is 0 Å². The first kappa shape index (κ1) is 13.4. The van der Waals surface area contributed by atoms with E-state index in [-0.39, 0.29) is 11.8 Å². The lowest BCUT2D eigenvalue weighted by atomic mass is 10.2. The topological polar surface area (TPSA) is 67.0 Å². The van der Waals surface area contributed by atoms with Gasteiger partial charge in [-0.1, -0.05) is 13.8 Å². The molecular formula is C14H19N3O2. The predicted molar refractivity (Wildman–Crippen MR) is 74.2 cm³/mol. The van der Waals surface area contributed by atoms with Gasteiger partial charge in [0.1, 0.15) is 11.6 Å². The molecule has 0 aliphatic heterocycles. The van der Waals surface area contributed by atoms with Gasteiger partial charge in [0, 0.05) is 24.9 Å². The van der Waals surface area contributed by atoms with Crippen LogP contribution < -0.4 is 10.1 Å². The maximum Gasteiger partial charge on any atom is 0.222 e. The van der Waals surface area contributed by atoms with Crippen molar-refractivity contribution in [1.82, 2.24) is 15.3 Å². The fourth-order valence-corrected chi connectivity index (χ4v) is 1.80. The van der Waals surface area contributed by atoms with Crippen LogP contribution in [0.15, 0.2) is 18.2 Å². The van der Waals surface area contributed by atoms with E-state index in [0.717, 1.165) is 22.6 Å². The number of imidazole rings is 1. The van der Waals surface area contributed by atoms with Crippen molar-refractivity contribution in [3.05, 3.63) is 24.0 Å². The van der Waals surface area contributed by atoms with Crippen LogP contribution in [-0.2, 0) is 11.2 Å². The van der Waals surface area contributed by atoms with E-state index in [1.54, 1.807) is 7.11 Å². The number of methoxy groups -OCH3 is 1. The Bertz CT molecular complexity index is 575. The van der Waals surface area contributed by atoms with E-state index in [2.05, 4.69) is 15.3 Å². The molecule has 2 rings (SSSR count). The van der Waals surface area contributed by atoms with E-state index in [9.17, 15) is 4.79 Å². The van der Waals surface area contributed by atoms with Gasteiger partial charge in [-0.15, -0.1) is 0 Å². The second-order valence-electron chi connectivity index (χ2n) is 4.76. The summed E-state index contributed by atoms with van der Waals surface area (Å²) in [5.41, 5.74) is 1.86. The number of aromatic amines is 1. The molecule has 1 amide bonds. The number of ether oxygens (including phenoxy) is 1. The summed E-state index contributed by atoms with van der Waals surface area (Å²) < 4.78 is 5.17. The summed E-state index contributed by atoms with van der Waals surface area (Å²) in [5, 5.41) is 2.87. The number of carbonyl (C=O) groups excluding carboxylic acids is 1. The molecule has 0 aliphatic carbocycles. The smallest absolute Gasteiger partial charge is 0.222 e. The fourth-order valence-electron chi connectivity index (χ4n) is 1.80. The van der Waals surface area contributed by atoms with Crippen LogP contribution >= 0.6 is 0 Å². The largest absolute Gasteiger partial charge is 0.497 e. The lowest BCUT2D eigenvalue weighted by molar-refractivity contribution is -0.123. The predicted octanol–water partition coefficient (Wildman–Crippen LogP) is 1.89. The van der Waals surface area contributed by atoms with Gasteiger partial charge in [-0.3, -0.25) is 4.79 Å². The standard InChI is InChI=1S/C14H19N3O2/c1-9(2)14(18)15-7-6-13-16-11-5-4-10(19-3)8-12(11)17-13/h4-5,8-9H,6-7H2,1-3H3,(H,15,18)(H,16,17). The Kier molecular flexibility index (Phi) is 4.04. The number of nitrogens with one attached hydrogen (secondary N) is 2. The normalized spacial score (nSPS) is 10.9. The van der Waals surface area contributed by atoms with E-state index < -0.39 is 0 Å². The molecule has 5 nitrogen and oxygen atoms in total. The number of H-pyrrole nitrogens is 1. The van der Waals surface area contributed by atoms with Crippen LogP contribution in [0.5, 0.6) is 5.75 Å². The van der Waals surface area contributed by atoms with Crippen molar-refractivity contribution >= 4 is 16.9 Å². The molecule has 0 fully saturated rings. The van der Waals surface area contributed by atoms with Crippen molar-refractivity contribution < 1.29 is 9.53 Å². The van der Waals surface area contributed by atoms with Crippen molar-refractivity contribution in [3.63, 3.8) is 0 Å². The molecule has 0 bridgehead atoms. The van der Waals surface area contributed by atoms with Crippen LogP contribution in [0.3, 0.4) is 0 Å². The van der Waals surface area contributed by atoms with Crippen molar-refractivity contribution in [2.45, 2.75) is 20.3 Å². The van der Waals surface area contributed by atoms with Gasteiger partial charge in [-0.25, -0.2) is 4.98 Å². The minimum absolute atomic E-state index is 0.0138. The minimum atomic E-state index is 0.0138. The lowest BCUT2D eigenvalue weighted by Gasteiger charge is -2.05. The first-order valence-electron chi connectivity index (χ1n) is 6.40. The molecule has 1 aromatic heterocycles. The molecule has 0 atom stereocenters. The number of rotatable bonds is 5. The molecule has 0 saturated carbocycles. The highest BCUT2D eigenvalue weighted by atomic mass is 16.5. The van der Waals surface area contributed by atoms with Crippen LogP contribution in [-0.4, -0.2) is 29.5 Å². The van der Waals surface area contributed by atoms with Crippen molar-refractivity contribution in [1.29, 1.82) is 0 Å². The Morgan fingerprint density at radius 2 is 2.26 bits per heavy atom. The van der Waals surface area contributed by atoms with Crippen LogP contribution in [0, 0.1) is 5.92 Å². The Balaban J connectivity index is 1.99. The average Bonchev–Trinajstić information content (AvgIpc) is 2.79. The Morgan fingerprint density at radius 3 is 2.95 bits per heavy atom. The highest BCUT2D eigenvalue weighted by molar-refractivity contribution is 5.78. The third kappa shape index (κ3) is 3.24. The zero-order valence-electron chi connectivity index (χ0n) is 11.5. The van der Waals surface area contributed by atoms with Crippen LogP contribution in [0.25, 0.3) is 11.0 Å². The van der Waals surface area contributed by atoms with Gasteiger partial charge in [0.2, 0.25) is 5.91 Å². The maximum atomic E-state index is 11.4. The number of hydrogen-bond acceptors (Lipinski definition) is 3. The maximum absolute atomic E-state index is 11.4. The zero-order valence-corrected chi connectivity index (χ0v) is 11.5. The van der Waals surface area contributed by atoms with Gasteiger partial charge < -0.3 is 15.0 Å². The van der Waals surface area contributed by atoms with Crippen molar-refractivity contribution in [2.75, 3.05) is 13.7 Å². The zero-order chi connectivity index (χ0) is 13.8. The van der Waals surface area contributed by atoms with E-state index in [0.29, 0.717) is 13.0 Å². The number of carbonyl (C=O) groups is 1. The summed E-state index contributed by atoms with van der Waals surface area (Å²) in [6.07, 6.45) is 0.690. The first-order valence-corrected chi connectivity index (χ1v) is 6.40. The molecule has 0 aliphatic rings. The molecule has 0 saturated heterocycles. The summed E-state index contributed by atoms with van der Waals surface area (Å²) in [4.78, 5) is 19.1. The van der Waals surface area contributed by atoms with E-state index in [1.165, 1.54) is 0 Å². The highest BCUT2D eigenvalue weighted by Crippen LogP contribution is 2.18. The fraction of sp³-hybridized carbons (Fsp3) is 0.429. The first-order chi connectivity index (χ1) is 9.10. The molecule has 0 radical (unpaired) electrons. The minimum Gasteiger partial charge on any atom is -0.497 e. The molecule has 1 aromatic carbocycles. The van der Waals surface area contributed by atoms with Crippen molar-refractivity contribution in [2.24, 2.45) is 5.92 Å². The summed E-state index contributed by atoms with van der Waals surface area (Å²) in [7, 11) is 1.64. The van der Waals surface area contributed by atoms with Crippen LogP contribution in [0.2, 0.25) is 0 Å². The quantitative estimate of drug-likeness (QED) is 0.863. The summed E-state index contributed by atoms with van der Waals surface area (Å²) in [5.74, 6) is 1.75. The molecule has 0 spiro atoms. The monoisotopic (exact) mass is 261 g/mol. The van der Waals surface area contributed by atoms with Gasteiger partial charge in [0.05, 0.1) is 18.1 Å². The van der Waals surface area contributed by atoms with Gasteiger partial charge in [-0.05, 0) is 12.1 Å². The molecule has 2 N–H and O–H groups in total. The SMILES string of the molecule is COc1ccc2nc(CCNC(=O)C(C)C)[nH]c2c1. The number of nitrogens with zero attached hydrogens (tertiary/aromatic N) is 1. The molecule has 19 heavy (non-hydrogen) atoms. The highest BCUT2D eigenvalue weighted by Gasteiger charge is 2.07. The number of benzene rings is 1. The van der Waals surface area contributed by atoms with E-state index >= 15 is 0 Å². The molecule has 1 heterocycles. The second kappa shape index (κ2) is 5.73. The second-order valence-corrected chi connectivity index (χ2v) is 4.76. The number of hydrogen-bond donors (Lipinski definition) is 2. The summed E-state index contributed by atoms with van der Waals surface area (Å²) >= 11 is 0. The molecule has 2 aromatic rings. The Hall–Kier alpha value is -2.04. The van der Waals surface area contributed by atoms with Crippen molar-refractivity contribution in [3.8, 4) is 5.75 Å².